The first kappa shape index (κ1) is 27.3. The molecule has 0 heterocycles. The van der Waals surface area contributed by atoms with E-state index in [9.17, 15) is 18.8 Å². The van der Waals surface area contributed by atoms with E-state index in [-0.39, 0.29) is 22.9 Å². The molecule has 0 saturated carbocycles. The van der Waals surface area contributed by atoms with Gasteiger partial charge < -0.3 is 16.0 Å². The van der Waals surface area contributed by atoms with Crippen molar-refractivity contribution in [2.24, 2.45) is 0 Å². The number of rotatable bonds is 9. The molecule has 3 N–H and O–H groups in total. The minimum atomic E-state index is -0.623. The largest absolute Gasteiger partial charge is 0.325 e. The predicted molar refractivity (Wildman–Crippen MR) is 154 cm³/mol. The second kappa shape index (κ2) is 13.2. The van der Waals surface area contributed by atoms with Crippen molar-refractivity contribution < 1.29 is 18.8 Å². The molecule has 0 unspecified atom stereocenters. The molecule has 0 aliphatic rings. The number of halogens is 1. The van der Waals surface area contributed by atoms with Crippen LogP contribution in [0.2, 0.25) is 0 Å². The van der Waals surface area contributed by atoms with Gasteiger partial charge in [-0.3, -0.25) is 14.4 Å². The number of anilines is 2. The molecule has 3 amide bonds. The Kier molecular flexibility index (Phi) is 9.26. The number of carbonyl (C=O) groups excluding carboxylic acids is 3. The summed E-state index contributed by atoms with van der Waals surface area (Å²) in [4.78, 5) is 39.1. The first-order chi connectivity index (χ1) is 18.9. The Morgan fingerprint density at radius 2 is 1.49 bits per heavy atom. The van der Waals surface area contributed by atoms with Gasteiger partial charge in [0.25, 0.3) is 11.8 Å². The SMILES string of the molecule is Cc1cccc(NC(=O)CSc2cccc(NC(=O)/C(=C/c3ccccc3F)NC(=O)c3ccccc3)c2)c1. The molecule has 4 aromatic rings. The number of nitrogens with one attached hydrogen (secondary N) is 3. The summed E-state index contributed by atoms with van der Waals surface area (Å²) in [6, 6.07) is 28.9. The van der Waals surface area contributed by atoms with Gasteiger partial charge in [-0.25, -0.2) is 4.39 Å². The van der Waals surface area contributed by atoms with E-state index in [0.29, 0.717) is 11.3 Å². The first-order valence-electron chi connectivity index (χ1n) is 12.1. The van der Waals surface area contributed by atoms with E-state index in [1.165, 1.54) is 30.0 Å². The highest BCUT2D eigenvalue weighted by molar-refractivity contribution is 8.00. The molecule has 0 saturated heterocycles. The standard InChI is InChI=1S/C31H26FN3O3S/c1-21-9-7-13-24(17-21)33-29(36)20-39-26-15-8-14-25(19-26)34-31(38)28(18-23-12-5-6-16-27(23)32)35-30(37)22-10-3-2-4-11-22/h2-19H,20H2,1H3,(H,33,36)(H,34,38)(H,35,37)/b28-18-. The lowest BCUT2D eigenvalue weighted by Gasteiger charge is -2.12. The molecule has 196 valence electrons. The summed E-state index contributed by atoms with van der Waals surface area (Å²) in [7, 11) is 0. The third kappa shape index (κ3) is 8.15. The van der Waals surface area contributed by atoms with Gasteiger partial charge >= 0.3 is 0 Å². The van der Waals surface area contributed by atoms with E-state index in [0.717, 1.165) is 16.1 Å². The van der Waals surface area contributed by atoms with Crippen LogP contribution in [0.15, 0.2) is 114 Å². The summed E-state index contributed by atoms with van der Waals surface area (Å²) in [6.07, 6.45) is 1.29. The Bertz CT molecular complexity index is 1520. The van der Waals surface area contributed by atoms with Crippen molar-refractivity contribution in [2.45, 2.75) is 11.8 Å². The van der Waals surface area contributed by atoms with Crippen LogP contribution in [-0.2, 0) is 9.59 Å². The number of benzene rings is 4. The molecule has 0 radical (unpaired) electrons. The van der Waals surface area contributed by atoms with Crippen LogP contribution in [0.25, 0.3) is 6.08 Å². The minimum absolute atomic E-state index is 0.121. The van der Waals surface area contributed by atoms with Gasteiger partial charge in [-0.1, -0.05) is 54.6 Å². The highest BCUT2D eigenvalue weighted by atomic mass is 32.2. The van der Waals surface area contributed by atoms with E-state index in [4.69, 9.17) is 0 Å². The minimum Gasteiger partial charge on any atom is -0.325 e. The molecule has 0 bridgehead atoms. The Morgan fingerprint density at radius 3 is 2.23 bits per heavy atom. The second-order valence-corrected chi connectivity index (χ2v) is 9.64. The molecule has 8 heteroatoms. The monoisotopic (exact) mass is 539 g/mol. The van der Waals surface area contributed by atoms with Gasteiger partial charge in [-0.2, -0.15) is 0 Å². The molecule has 0 spiro atoms. The Balaban J connectivity index is 1.46. The van der Waals surface area contributed by atoms with Crippen LogP contribution in [-0.4, -0.2) is 23.5 Å². The van der Waals surface area contributed by atoms with E-state index >= 15 is 0 Å². The van der Waals surface area contributed by atoms with Crippen molar-refractivity contribution in [3.63, 3.8) is 0 Å². The molecule has 4 aromatic carbocycles. The van der Waals surface area contributed by atoms with Crippen molar-refractivity contribution in [1.82, 2.24) is 5.32 Å². The third-order valence-corrected chi connectivity index (χ3v) is 6.49. The lowest BCUT2D eigenvalue weighted by Crippen LogP contribution is -2.30. The molecule has 0 aliphatic heterocycles. The first-order valence-corrected chi connectivity index (χ1v) is 13.1. The Morgan fingerprint density at radius 1 is 0.795 bits per heavy atom. The summed E-state index contributed by atoms with van der Waals surface area (Å²) in [5.74, 6) is -1.63. The highest BCUT2D eigenvalue weighted by Gasteiger charge is 2.16. The normalized spacial score (nSPS) is 11.0. The van der Waals surface area contributed by atoms with Crippen LogP contribution < -0.4 is 16.0 Å². The number of amides is 3. The number of hydrogen-bond donors (Lipinski definition) is 3. The van der Waals surface area contributed by atoms with Gasteiger partial charge in [0.2, 0.25) is 5.91 Å². The smallest absolute Gasteiger partial charge is 0.272 e. The zero-order chi connectivity index (χ0) is 27.6. The third-order valence-electron chi connectivity index (χ3n) is 5.50. The van der Waals surface area contributed by atoms with Crippen LogP contribution in [0.4, 0.5) is 15.8 Å². The average Bonchev–Trinajstić information content (AvgIpc) is 2.93. The maximum Gasteiger partial charge on any atom is 0.272 e. The quantitative estimate of drug-likeness (QED) is 0.173. The molecule has 6 nitrogen and oxygen atoms in total. The van der Waals surface area contributed by atoms with E-state index in [2.05, 4.69) is 16.0 Å². The topological polar surface area (TPSA) is 87.3 Å². The maximum absolute atomic E-state index is 14.3. The fourth-order valence-electron chi connectivity index (χ4n) is 3.62. The number of carbonyl (C=O) groups is 3. The molecular weight excluding hydrogens is 513 g/mol. The van der Waals surface area contributed by atoms with Crippen molar-refractivity contribution in [1.29, 1.82) is 0 Å². The Labute approximate surface area is 230 Å². The van der Waals surface area contributed by atoms with Gasteiger partial charge in [0, 0.05) is 27.4 Å². The van der Waals surface area contributed by atoms with Crippen LogP contribution in [0.1, 0.15) is 21.5 Å². The van der Waals surface area contributed by atoms with Gasteiger partial charge in [0.1, 0.15) is 11.5 Å². The van der Waals surface area contributed by atoms with Crippen LogP contribution in [0.3, 0.4) is 0 Å². The molecular formula is C31H26FN3O3S. The zero-order valence-corrected chi connectivity index (χ0v) is 21.9. The maximum atomic E-state index is 14.3. The molecule has 0 aromatic heterocycles. The zero-order valence-electron chi connectivity index (χ0n) is 21.1. The predicted octanol–water partition coefficient (Wildman–Crippen LogP) is 6.27. The fourth-order valence-corrected chi connectivity index (χ4v) is 4.38. The summed E-state index contributed by atoms with van der Waals surface area (Å²) in [6.45, 7) is 1.95. The second-order valence-electron chi connectivity index (χ2n) is 8.59. The molecule has 0 atom stereocenters. The summed E-state index contributed by atoms with van der Waals surface area (Å²) in [5.41, 5.74) is 2.62. The van der Waals surface area contributed by atoms with Crippen molar-refractivity contribution in [2.75, 3.05) is 16.4 Å². The lowest BCUT2D eigenvalue weighted by atomic mass is 10.1. The summed E-state index contributed by atoms with van der Waals surface area (Å²) >= 11 is 1.32. The lowest BCUT2D eigenvalue weighted by molar-refractivity contribution is -0.114. The number of thioether (sulfide) groups is 1. The van der Waals surface area contributed by atoms with Crippen LogP contribution in [0.5, 0.6) is 0 Å². The summed E-state index contributed by atoms with van der Waals surface area (Å²) < 4.78 is 14.3. The van der Waals surface area contributed by atoms with E-state index in [1.54, 1.807) is 60.7 Å². The van der Waals surface area contributed by atoms with Crippen molar-refractivity contribution in [3.8, 4) is 0 Å². The Hall–Kier alpha value is -4.69. The van der Waals surface area contributed by atoms with Gasteiger partial charge in [0.05, 0.1) is 5.75 Å². The van der Waals surface area contributed by atoms with E-state index < -0.39 is 17.6 Å². The van der Waals surface area contributed by atoms with Crippen molar-refractivity contribution >= 4 is 46.9 Å². The molecule has 0 fully saturated rings. The number of hydrogen-bond acceptors (Lipinski definition) is 4. The molecule has 0 aliphatic carbocycles. The summed E-state index contributed by atoms with van der Waals surface area (Å²) in [5, 5.41) is 8.22. The van der Waals surface area contributed by atoms with Gasteiger partial charge in [-0.15, -0.1) is 11.8 Å². The van der Waals surface area contributed by atoms with Crippen LogP contribution >= 0.6 is 11.8 Å². The van der Waals surface area contributed by atoms with Gasteiger partial charge in [-0.05, 0) is 67.1 Å². The highest BCUT2D eigenvalue weighted by Crippen LogP contribution is 2.23. The van der Waals surface area contributed by atoms with Gasteiger partial charge in [0.15, 0.2) is 0 Å². The fraction of sp³-hybridized carbons (Fsp3) is 0.0645. The van der Waals surface area contributed by atoms with Crippen molar-refractivity contribution in [3.05, 3.63) is 131 Å². The number of aryl methyl sites for hydroxylation is 1. The molecule has 39 heavy (non-hydrogen) atoms. The molecule has 4 rings (SSSR count). The average molecular weight is 540 g/mol. The van der Waals surface area contributed by atoms with Crippen LogP contribution in [0, 0.1) is 12.7 Å². The van der Waals surface area contributed by atoms with E-state index in [1.807, 2.05) is 37.3 Å².